The van der Waals surface area contributed by atoms with Gasteiger partial charge in [0, 0.05) is 19.1 Å². The molecule has 2 aliphatic rings. The van der Waals surface area contributed by atoms with Crippen molar-refractivity contribution < 1.29 is 14.7 Å². The molecule has 0 aromatic rings. The van der Waals surface area contributed by atoms with Crippen LogP contribution >= 0.6 is 0 Å². The zero-order chi connectivity index (χ0) is 10.3. The normalized spacial score (nSPS) is 35.8. The van der Waals surface area contributed by atoms with Gasteiger partial charge in [-0.1, -0.05) is 0 Å². The predicted molar refractivity (Wildman–Crippen MR) is 48.4 cm³/mol. The molecule has 0 unspecified atom stereocenters. The van der Waals surface area contributed by atoms with Crippen LogP contribution in [0.2, 0.25) is 0 Å². The molecule has 0 aromatic heterocycles. The average Bonchev–Trinajstić information content (AvgIpc) is 2.82. The third kappa shape index (κ3) is 1.59. The Hall–Kier alpha value is -1.10. The fourth-order valence-electron chi connectivity index (χ4n) is 1.96. The first-order valence-electron chi connectivity index (χ1n) is 4.86. The second-order valence-electron chi connectivity index (χ2n) is 4.12. The number of nitrogens with zero attached hydrogens (tertiary/aromatic N) is 1. The first kappa shape index (κ1) is 9.45. The van der Waals surface area contributed by atoms with E-state index < -0.39 is 11.9 Å². The smallest absolute Gasteiger partial charge is 0.307 e. The molecule has 1 saturated heterocycles. The highest BCUT2D eigenvalue weighted by molar-refractivity contribution is 5.89. The zero-order valence-corrected chi connectivity index (χ0v) is 7.85. The zero-order valence-electron chi connectivity index (χ0n) is 7.85. The Morgan fingerprint density at radius 3 is 2.50 bits per heavy atom. The highest BCUT2D eigenvalue weighted by Crippen LogP contribution is 2.40. The molecule has 3 N–H and O–H groups in total. The van der Waals surface area contributed by atoms with Crippen molar-refractivity contribution in [3.63, 3.8) is 0 Å². The van der Waals surface area contributed by atoms with Gasteiger partial charge in [0.05, 0.1) is 11.8 Å². The molecule has 1 aliphatic heterocycles. The van der Waals surface area contributed by atoms with E-state index in [1.807, 2.05) is 0 Å². The number of carbonyl (C=O) groups excluding carboxylic acids is 1. The molecule has 1 aliphatic carbocycles. The number of carboxylic acids is 1. The molecule has 3 atom stereocenters. The van der Waals surface area contributed by atoms with Crippen LogP contribution in [0.1, 0.15) is 12.8 Å². The molecule has 0 spiro atoms. The fraction of sp³-hybridized carbons (Fsp3) is 0.778. The largest absolute Gasteiger partial charge is 0.481 e. The highest BCUT2D eigenvalue weighted by Gasteiger charge is 2.50. The minimum absolute atomic E-state index is 0.0228. The van der Waals surface area contributed by atoms with Crippen LogP contribution in [0.3, 0.4) is 0 Å². The van der Waals surface area contributed by atoms with Gasteiger partial charge in [0.15, 0.2) is 0 Å². The first-order chi connectivity index (χ1) is 6.59. The number of carbonyl (C=O) groups is 2. The Morgan fingerprint density at radius 2 is 2.07 bits per heavy atom. The number of likely N-dealkylation sites (tertiary alicyclic amines) is 1. The highest BCUT2D eigenvalue weighted by atomic mass is 16.4. The van der Waals surface area contributed by atoms with Crippen molar-refractivity contribution in [2.24, 2.45) is 17.6 Å². The van der Waals surface area contributed by atoms with E-state index in [1.165, 1.54) is 0 Å². The Kier molecular flexibility index (Phi) is 2.19. The molecule has 0 aromatic carbocycles. The monoisotopic (exact) mass is 198 g/mol. The van der Waals surface area contributed by atoms with Crippen LogP contribution in [0.5, 0.6) is 0 Å². The van der Waals surface area contributed by atoms with Crippen molar-refractivity contribution in [2.75, 3.05) is 13.1 Å². The van der Waals surface area contributed by atoms with E-state index in [2.05, 4.69) is 0 Å². The third-order valence-corrected chi connectivity index (χ3v) is 2.96. The van der Waals surface area contributed by atoms with Gasteiger partial charge in [0.2, 0.25) is 5.91 Å². The van der Waals surface area contributed by atoms with Gasteiger partial charge in [0.1, 0.15) is 0 Å². The van der Waals surface area contributed by atoms with Crippen molar-refractivity contribution in [3.8, 4) is 0 Å². The lowest BCUT2D eigenvalue weighted by Gasteiger charge is -2.15. The van der Waals surface area contributed by atoms with Crippen molar-refractivity contribution in [1.29, 1.82) is 0 Å². The summed E-state index contributed by atoms with van der Waals surface area (Å²) in [6, 6.07) is 0.0704. The van der Waals surface area contributed by atoms with Crippen LogP contribution in [-0.2, 0) is 9.59 Å². The molecule has 0 radical (unpaired) electrons. The summed E-state index contributed by atoms with van der Waals surface area (Å²) in [6.07, 6.45) is 1.33. The summed E-state index contributed by atoms with van der Waals surface area (Å²) in [4.78, 5) is 23.9. The minimum atomic E-state index is -0.855. The number of aliphatic carboxylic acids is 1. The number of nitrogens with two attached hydrogens (primary N) is 1. The quantitative estimate of drug-likeness (QED) is 0.612. The molecule has 1 saturated carbocycles. The van der Waals surface area contributed by atoms with Gasteiger partial charge in [-0.15, -0.1) is 0 Å². The maximum Gasteiger partial charge on any atom is 0.307 e. The van der Waals surface area contributed by atoms with Gasteiger partial charge in [-0.25, -0.2) is 0 Å². The maximum atomic E-state index is 11.7. The molecule has 5 nitrogen and oxygen atoms in total. The molecule has 14 heavy (non-hydrogen) atoms. The van der Waals surface area contributed by atoms with Crippen LogP contribution in [0.4, 0.5) is 0 Å². The van der Waals surface area contributed by atoms with Crippen LogP contribution in [-0.4, -0.2) is 41.0 Å². The molecule has 1 amide bonds. The summed E-state index contributed by atoms with van der Waals surface area (Å²) in [5, 5.41) is 8.67. The van der Waals surface area contributed by atoms with Gasteiger partial charge >= 0.3 is 5.97 Å². The number of rotatable bonds is 2. The Bertz CT molecular complexity index is 279. The van der Waals surface area contributed by atoms with Gasteiger partial charge in [-0.2, -0.15) is 0 Å². The van der Waals surface area contributed by atoms with E-state index in [0.29, 0.717) is 19.5 Å². The lowest BCUT2D eigenvalue weighted by Crippen LogP contribution is -2.33. The molecule has 1 heterocycles. The number of hydrogen-bond acceptors (Lipinski definition) is 3. The molecule has 0 bridgehead atoms. The van der Waals surface area contributed by atoms with Crippen molar-refractivity contribution in [3.05, 3.63) is 0 Å². The van der Waals surface area contributed by atoms with Crippen molar-refractivity contribution in [1.82, 2.24) is 4.90 Å². The van der Waals surface area contributed by atoms with Gasteiger partial charge in [0.25, 0.3) is 0 Å². The average molecular weight is 198 g/mol. The maximum absolute atomic E-state index is 11.7. The summed E-state index contributed by atoms with van der Waals surface area (Å²) in [5.74, 6) is -1.60. The van der Waals surface area contributed by atoms with E-state index in [9.17, 15) is 9.59 Å². The third-order valence-electron chi connectivity index (χ3n) is 2.96. The molecule has 5 heteroatoms. The van der Waals surface area contributed by atoms with E-state index >= 15 is 0 Å². The second kappa shape index (κ2) is 3.24. The second-order valence-corrected chi connectivity index (χ2v) is 4.12. The van der Waals surface area contributed by atoms with E-state index in [0.717, 1.165) is 6.42 Å². The minimum Gasteiger partial charge on any atom is -0.481 e. The van der Waals surface area contributed by atoms with Crippen LogP contribution in [0.15, 0.2) is 0 Å². The summed E-state index contributed by atoms with van der Waals surface area (Å²) in [6.45, 7) is 1.27. The predicted octanol–water partition coefficient (Wildman–Crippen LogP) is -0.733. The standard InChI is InChI=1S/C9H14N2O3/c10-5-1-2-11(4-5)8(12)6-3-7(6)9(13)14/h5-7H,1-4,10H2,(H,13,14)/t5-,6-,7+/m1/s1. The summed E-state index contributed by atoms with van der Waals surface area (Å²) in [5.41, 5.74) is 5.67. The Labute approximate surface area is 81.9 Å². The Morgan fingerprint density at radius 1 is 1.36 bits per heavy atom. The van der Waals surface area contributed by atoms with Gasteiger partial charge in [-0.05, 0) is 12.8 Å². The van der Waals surface area contributed by atoms with E-state index in [1.54, 1.807) is 4.90 Å². The molecular formula is C9H14N2O3. The van der Waals surface area contributed by atoms with Crippen LogP contribution in [0.25, 0.3) is 0 Å². The molecule has 2 fully saturated rings. The molecule has 78 valence electrons. The summed E-state index contributed by atoms with van der Waals surface area (Å²) < 4.78 is 0. The molecule has 2 rings (SSSR count). The number of carboxylic acid groups (broad SMARTS) is 1. The van der Waals surface area contributed by atoms with E-state index in [-0.39, 0.29) is 17.9 Å². The van der Waals surface area contributed by atoms with Crippen molar-refractivity contribution >= 4 is 11.9 Å². The first-order valence-corrected chi connectivity index (χ1v) is 4.86. The SMILES string of the molecule is N[C@@H]1CCN(C(=O)[C@@H]2C[C@@H]2C(=O)O)C1. The molecular weight excluding hydrogens is 184 g/mol. The van der Waals surface area contributed by atoms with E-state index in [4.69, 9.17) is 10.8 Å². The fourth-order valence-corrected chi connectivity index (χ4v) is 1.96. The lowest BCUT2D eigenvalue weighted by molar-refractivity contribution is -0.141. The van der Waals surface area contributed by atoms with Crippen LogP contribution < -0.4 is 5.73 Å². The number of amides is 1. The number of hydrogen-bond donors (Lipinski definition) is 2. The van der Waals surface area contributed by atoms with Crippen molar-refractivity contribution in [2.45, 2.75) is 18.9 Å². The topological polar surface area (TPSA) is 83.6 Å². The Balaban J connectivity index is 1.88. The van der Waals surface area contributed by atoms with Gasteiger partial charge < -0.3 is 15.7 Å². The summed E-state index contributed by atoms with van der Waals surface area (Å²) in [7, 11) is 0. The van der Waals surface area contributed by atoms with Gasteiger partial charge in [-0.3, -0.25) is 9.59 Å². The summed E-state index contributed by atoms with van der Waals surface area (Å²) >= 11 is 0. The van der Waals surface area contributed by atoms with Crippen LogP contribution in [0, 0.1) is 11.8 Å². The lowest BCUT2D eigenvalue weighted by atomic mass is 10.3.